The molecule has 0 saturated carbocycles. The van der Waals surface area contributed by atoms with Crippen LogP contribution in [0.5, 0.6) is 0 Å². The summed E-state index contributed by atoms with van der Waals surface area (Å²) in [4.78, 5) is 0. The highest BCUT2D eigenvalue weighted by atomic mass is 15.3. The van der Waals surface area contributed by atoms with Crippen molar-refractivity contribution in [1.82, 2.24) is 15.1 Å². The lowest BCUT2D eigenvalue weighted by Crippen LogP contribution is -2.25. The van der Waals surface area contributed by atoms with Gasteiger partial charge in [-0.2, -0.15) is 5.10 Å². The summed E-state index contributed by atoms with van der Waals surface area (Å²) in [5.41, 5.74) is 4.99. The first kappa shape index (κ1) is 14.8. The number of hydrogen-bond donors (Lipinski definition) is 1. The molecule has 20 heavy (non-hydrogen) atoms. The molecule has 0 radical (unpaired) electrons. The van der Waals surface area contributed by atoms with Gasteiger partial charge in [-0.1, -0.05) is 38.1 Å². The Morgan fingerprint density at radius 1 is 1.25 bits per heavy atom. The largest absolute Gasteiger partial charge is 0.305 e. The first-order valence-electron chi connectivity index (χ1n) is 7.48. The smallest absolute Gasteiger partial charge is 0.0748 e. The van der Waals surface area contributed by atoms with Crippen LogP contribution in [0.1, 0.15) is 48.8 Å². The summed E-state index contributed by atoms with van der Waals surface area (Å²) in [7, 11) is 2.02. The Balaban J connectivity index is 2.38. The summed E-state index contributed by atoms with van der Waals surface area (Å²) in [6, 6.07) is 11.2. The van der Waals surface area contributed by atoms with Crippen LogP contribution in [-0.4, -0.2) is 16.3 Å². The molecule has 0 spiro atoms. The number of nitrogens with one attached hydrogen (secondary N) is 1. The van der Waals surface area contributed by atoms with Gasteiger partial charge in [0.15, 0.2) is 0 Å². The first-order valence-corrected chi connectivity index (χ1v) is 7.48. The number of rotatable bonds is 6. The summed E-state index contributed by atoms with van der Waals surface area (Å²) in [5.74, 6) is 0. The Morgan fingerprint density at radius 3 is 2.65 bits per heavy atom. The Bertz CT molecular complexity index is 557. The Labute approximate surface area is 122 Å². The van der Waals surface area contributed by atoms with E-state index in [0.29, 0.717) is 0 Å². The highest BCUT2D eigenvalue weighted by Crippen LogP contribution is 2.23. The van der Waals surface area contributed by atoms with Crippen molar-refractivity contribution in [3.8, 4) is 0 Å². The fourth-order valence-corrected chi connectivity index (χ4v) is 2.58. The number of aryl methyl sites for hydroxylation is 3. The van der Waals surface area contributed by atoms with Crippen LogP contribution >= 0.6 is 0 Å². The van der Waals surface area contributed by atoms with Crippen molar-refractivity contribution in [1.29, 1.82) is 0 Å². The van der Waals surface area contributed by atoms with Gasteiger partial charge in [0.2, 0.25) is 0 Å². The van der Waals surface area contributed by atoms with Crippen LogP contribution in [0.2, 0.25) is 0 Å². The molecule has 1 atom stereocenters. The molecule has 2 rings (SSSR count). The molecule has 0 amide bonds. The van der Waals surface area contributed by atoms with Crippen LogP contribution in [0.4, 0.5) is 0 Å². The number of benzene rings is 1. The normalized spacial score (nSPS) is 12.6. The first-order chi connectivity index (χ1) is 9.65. The minimum absolute atomic E-state index is 0.215. The topological polar surface area (TPSA) is 29.9 Å². The second-order valence-corrected chi connectivity index (χ2v) is 5.32. The van der Waals surface area contributed by atoms with Crippen LogP contribution in [-0.2, 0) is 13.5 Å². The molecule has 1 N–H and O–H groups in total. The van der Waals surface area contributed by atoms with Crippen molar-refractivity contribution in [3.05, 3.63) is 52.8 Å². The van der Waals surface area contributed by atoms with Crippen molar-refractivity contribution >= 4 is 0 Å². The van der Waals surface area contributed by atoms with Crippen molar-refractivity contribution < 1.29 is 0 Å². The molecule has 108 valence electrons. The van der Waals surface area contributed by atoms with E-state index in [-0.39, 0.29) is 6.04 Å². The van der Waals surface area contributed by atoms with Crippen LogP contribution < -0.4 is 5.32 Å². The van der Waals surface area contributed by atoms with Gasteiger partial charge in [0.05, 0.1) is 17.4 Å². The molecule has 0 fully saturated rings. The molecule has 1 unspecified atom stereocenters. The number of nitrogens with zero attached hydrogens (tertiary/aromatic N) is 2. The molecule has 2 aromatic rings. The third-order valence-electron chi connectivity index (χ3n) is 3.63. The predicted molar refractivity (Wildman–Crippen MR) is 83.9 cm³/mol. The van der Waals surface area contributed by atoms with Gasteiger partial charge in [0.25, 0.3) is 0 Å². The Hall–Kier alpha value is -1.61. The van der Waals surface area contributed by atoms with E-state index < -0.39 is 0 Å². The molecule has 0 saturated heterocycles. The molecule has 3 nitrogen and oxygen atoms in total. The maximum atomic E-state index is 4.48. The maximum Gasteiger partial charge on any atom is 0.0748 e. The maximum absolute atomic E-state index is 4.48. The summed E-state index contributed by atoms with van der Waals surface area (Å²) in [6.45, 7) is 7.44. The highest BCUT2D eigenvalue weighted by molar-refractivity contribution is 5.32. The average Bonchev–Trinajstić information content (AvgIpc) is 2.78. The predicted octanol–water partition coefficient (Wildman–Crippen LogP) is 3.38. The van der Waals surface area contributed by atoms with Gasteiger partial charge in [-0.25, -0.2) is 0 Å². The zero-order valence-electron chi connectivity index (χ0n) is 13.0. The zero-order valence-corrected chi connectivity index (χ0v) is 13.0. The fraction of sp³-hybridized carbons (Fsp3) is 0.471. The van der Waals surface area contributed by atoms with E-state index in [1.54, 1.807) is 0 Å². The van der Waals surface area contributed by atoms with Crippen molar-refractivity contribution in [2.24, 2.45) is 7.05 Å². The fourth-order valence-electron chi connectivity index (χ4n) is 2.58. The van der Waals surface area contributed by atoms with E-state index in [0.717, 1.165) is 25.1 Å². The number of aromatic nitrogens is 2. The second kappa shape index (κ2) is 6.71. The molecule has 0 aliphatic carbocycles. The van der Waals surface area contributed by atoms with Crippen LogP contribution in [0.25, 0.3) is 0 Å². The molecule has 1 aromatic carbocycles. The van der Waals surface area contributed by atoms with Crippen molar-refractivity contribution in [3.63, 3.8) is 0 Å². The van der Waals surface area contributed by atoms with Gasteiger partial charge >= 0.3 is 0 Å². The summed E-state index contributed by atoms with van der Waals surface area (Å²) in [6.07, 6.45) is 2.19. The van der Waals surface area contributed by atoms with E-state index in [1.165, 1.54) is 16.8 Å². The minimum Gasteiger partial charge on any atom is -0.305 e. The van der Waals surface area contributed by atoms with E-state index in [9.17, 15) is 0 Å². The third-order valence-corrected chi connectivity index (χ3v) is 3.63. The van der Waals surface area contributed by atoms with Crippen LogP contribution in [0.3, 0.4) is 0 Å². The summed E-state index contributed by atoms with van der Waals surface area (Å²) in [5, 5.41) is 8.13. The third kappa shape index (κ3) is 3.28. The van der Waals surface area contributed by atoms with E-state index in [1.807, 2.05) is 18.7 Å². The van der Waals surface area contributed by atoms with E-state index >= 15 is 0 Å². The molecule has 0 bridgehead atoms. The van der Waals surface area contributed by atoms with Gasteiger partial charge in [0.1, 0.15) is 0 Å². The quantitative estimate of drug-likeness (QED) is 0.873. The average molecular weight is 271 g/mol. The molecule has 0 aliphatic rings. The minimum atomic E-state index is 0.215. The summed E-state index contributed by atoms with van der Waals surface area (Å²) >= 11 is 0. The zero-order chi connectivity index (χ0) is 14.5. The van der Waals surface area contributed by atoms with E-state index in [2.05, 4.69) is 54.6 Å². The van der Waals surface area contributed by atoms with Crippen molar-refractivity contribution in [2.45, 2.75) is 39.7 Å². The SMILES string of the molecule is CCCNC(c1cccc(CC)c1)c1cc(C)nn1C. The number of hydrogen-bond acceptors (Lipinski definition) is 2. The molecule has 1 heterocycles. The lowest BCUT2D eigenvalue weighted by molar-refractivity contribution is 0.553. The van der Waals surface area contributed by atoms with Gasteiger partial charge in [0, 0.05) is 7.05 Å². The summed E-state index contributed by atoms with van der Waals surface area (Å²) < 4.78 is 1.99. The second-order valence-electron chi connectivity index (χ2n) is 5.32. The lowest BCUT2D eigenvalue weighted by Gasteiger charge is -2.20. The lowest BCUT2D eigenvalue weighted by atomic mass is 10.00. The Kier molecular flexibility index (Phi) is 4.96. The van der Waals surface area contributed by atoms with Gasteiger partial charge in [-0.3, -0.25) is 4.68 Å². The molecule has 0 aliphatic heterocycles. The molecule has 1 aromatic heterocycles. The Morgan fingerprint density at radius 2 is 2.05 bits per heavy atom. The van der Waals surface area contributed by atoms with Gasteiger partial charge < -0.3 is 5.32 Å². The standard InChI is InChI=1S/C17H25N3/c1-5-10-18-17(16-11-13(3)19-20(16)4)15-9-7-8-14(6-2)12-15/h7-9,11-12,17-18H,5-6,10H2,1-4H3. The molecular weight excluding hydrogens is 246 g/mol. The van der Waals surface area contributed by atoms with Crippen LogP contribution in [0.15, 0.2) is 30.3 Å². The van der Waals surface area contributed by atoms with Gasteiger partial charge in [-0.05, 0) is 43.5 Å². The van der Waals surface area contributed by atoms with E-state index in [4.69, 9.17) is 0 Å². The monoisotopic (exact) mass is 271 g/mol. The molecular formula is C17H25N3. The highest BCUT2D eigenvalue weighted by Gasteiger charge is 2.17. The van der Waals surface area contributed by atoms with Crippen LogP contribution in [0, 0.1) is 6.92 Å². The van der Waals surface area contributed by atoms with Crippen molar-refractivity contribution in [2.75, 3.05) is 6.54 Å². The van der Waals surface area contributed by atoms with Gasteiger partial charge in [-0.15, -0.1) is 0 Å². The molecule has 3 heteroatoms.